The summed E-state index contributed by atoms with van der Waals surface area (Å²) in [5.74, 6) is 0.558. The number of hydrogen-bond donors (Lipinski definition) is 1. The molecule has 2 aliphatic rings. The van der Waals surface area contributed by atoms with Crippen molar-refractivity contribution in [1.82, 2.24) is 20.0 Å². The lowest BCUT2D eigenvalue weighted by Crippen LogP contribution is -2.59. The minimum atomic E-state index is -0.511. The maximum atomic E-state index is 13.0. The molecule has 0 saturated carbocycles. The lowest BCUT2D eigenvalue weighted by molar-refractivity contribution is -0.156. The van der Waals surface area contributed by atoms with Crippen LogP contribution in [0.2, 0.25) is 0 Å². The predicted octanol–water partition coefficient (Wildman–Crippen LogP) is 1.43. The van der Waals surface area contributed by atoms with Crippen LogP contribution in [0.5, 0.6) is 0 Å². The van der Waals surface area contributed by atoms with Crippen molar-refractivity contribution >= 4 is 17.8 Å². The monoisotopic (exact) mass is 396 g/mol. The molecular formula is C21H24N4O4. The molecule has 3 heterocycles. The Bertz CT molecular complexity index is 868. The summed E-state index contributed by atoms with van der Waals surface area (Å²) >= 11 is 0. The van der Waals surface area contributed by atoms with E-state index in [9.17, 15) is 14.4 Å². The third-order valence-corrected chi connectivity index (χ3v) is 5.40. The second-order valence-corrected chi connectivity index (χ2v) is 7.30. The molecule has 1 atom stereocenters. The number of furan rings is 1. The topological polar surface area (TPSA) is 86.1 Å². The molecule has 1 unspecified atom stereocenters. The zero-order chi connectivity index (χ0) is 20.2. The van der Waals surface area contributed by atoms with Crippen molar-refractivity contribution in [3.05, 3.63) is 60.1 Å². The Labute approximate surface area is 169 Å². The molecule has 0 spiro atoms. The van der Waals surface area contributed by atoms with Crippen LogP contribution in [-0.2, 0) is 22.7 Å². The van der Waals surface area contributed by atoms with Crippen LogP contribution in [0, 0.1) is 0 Å². The molecule has 2 fully saturated rings. The van der Waals surface area contributed by atoms with Gasteiger partial charge < -0.3 is 24.4 Å². The van der Waals surface area contributed by atoms with Gasteiger partial charge in [-0.05, 0) is 24.1 Å². The van der Waals surface area contributed by atoms with E-state index in [1.54, 1.807) is 33.1 Å². The number of fused-ring (bicyclic) bond motifs is 1. The molecule has 0 bridgehead atoms. The Morgan fingerprint density at radius 1 is 1.07 bits per heavy atom. The minimum Gasteiger partial charge on any atom is -0.467 e. The molecule has 1 N–H and O–H groups in total. The summed E-state index contributed by atoms with van der Waals surface area (Å²) in [5, 5.41) is 2.82. The van der Waals surface area contributed by atoms with Gasteiger partial charge in [0.2, 0.25) is 11.8 Å². The SMILES string of the molecule is O=C(NCc1ccco1)N1CCC2C(=O)N(Cc3ccccc3)CC(=O)N2CC1. The number of hydrogen-bond acceptors (Lipinski definition) is 4. The first-order valence-corrected chi connectivity index (χ1v) is 9.79. The zero-order valence-corrected chi connectivity index (χ0v) is 16.1. The fraction of sp³-hybridized carbons (Fsp3) is 0.381. The van der Waals surface area contributed by atoms with Crippen molar-refractivity contribution in [2.45, 2.75) is 25.6 Å². The molecule has 4 amide bonds. The number of nitrogens with one attached hydrogen (secondary N) is 1. The van der Waals surface area contributed by atoms with Crippen molar-refractivity contribution in [1.29, 1.82) is 0 Å². The van der Waals surface area contributed by atoms with Gasteiger partial charge in [0, 0.05) is 26.2 Å². The maximum Gasteiger partial charge on any atom is 0.317 e. The van der Waals surface area contributed by atoms with Crippen LogP contribution in [0.4, 0.5) is 4.79 Å². The smallest absolute Gasteiger partial charge is 0.317 e. The minimum absolute atomic E-state index is 0.0497. The van der Waals surface area contributed by atoms with Crippen LogP contribution in [0.15, 0.2) is 53.1 Å². The average molecular weight is 396 g/mol. The van der Waals surface area contributed by atoms with Gasteiger partial charge in [-0.15, -0.1) is 0 Å². The third kappa shape index (κ3) is 4.26. The molecule has 0 aliphatic carbocycles. The number of rotatable bonds is 4. The summed E-state index contributed by atoms with van der Waals surface area (Å²) in [6.07, 6.45) is 1.99. The number of carbonyl (C=O) groups is 3. The molecule has 1 aromatic heterocycles. The van der Waals surface area contributed by atoms with Crippen LogP contribution < -0.4 is 5.32 Å². The van der Waals surface area contributed by atoms with Gasteiger partial charge in [0.15, 0.2) is 0 Å². The lowest BCUT2D eigenvalue weighted by atomic mass is 10.1. The van der Waals surface area contributed by atoms with Gasteiger partial charge in [0.1, 0.15) is 18.3 Å². The summed E-state index contributed by atoms with van der Waals surface area (Å²) in [6.45, 7) is 1.99. The number of benzene rings is 1. The van der Waals surface area contributed by atoms with Crippen molar-refractivity contribution in [3.63, 3.8) is 0 Å². The van der Waals surface area contributed by atoms with Crippen LogP contribution in [-0.4, -0.2) is 64.8 Å². The summed E-state index contributed by atoms with van der Waals surface area (Å²) in [6, 6.07) is 12.5. The Morgan fingerprint density at radius 3 is 2.66 bits per heavy atom. The largest absolute Gasteiger partial charge is 0.467 e. The first-order valence-electron chi connectivity index (χ1n) is 9.79. The van der Waals surface area contributed by atoms with E-state index >= 15 is 0 Å². The van der Waals surface area contributed by atoms with Crippen molar-refractivity contribution in [2.24, 2.45) is 0 Å². The Balaban J connectivity index is 1.38. The molecule has 2 aliphatic heterocycles. The fourth-order valence-electron chi connectivity index (χ4n) is 3.86. The van der Waals surface area contributed by atoms with Crippen molar-refractivity contribution < 1.29 is 18.8 Å². The highest BCUT2D eigenvalue weighted by Crippen LogP contribution is 2.21. The summed E-state index contributed by atoms with van der Waals surface area (Å²) in [5.41, 5.74) is 0.995. The highest BCUT2D eigenvalue weighted by atomic mass is 16.3. The molecule has 29 heavy (non-hydrogen) atoms. The molecule has 0 radical (unpaired) electrons. The Morgan fingerprint density at radius 2 is 1.90 bits per heavy atom. The second-order valence-electron chi connectivity index (χ2n) is 7.30. The highest BCUT2D eigenvalue weighted by Gasteiger charge is 2.41. The van der Waals surface area contributed by atoms with E-state index in [1.807, 2.05) is 30.3 Å². The normalized spacial score (nSPS) is 19.7. The number of nitrogens with zero attached hydrogens (tertiary/aromatic N) is 3. The second kappa shape index (κ2) is 8.38. The molecule has 2 aromatic rings. The zero-order valence-electron chi connectivity index (χ0n) is 16.1. The van der Waals surface area contributed by atoms with Gasteiger partial charge in [-0.2, -0.15) is 0 Å². The molecule has 2 saturated heterocycles. The number of carbonyl (C=O) groups excluding carboxylic acids is 3. The van der Waals surface area contributed by atoms with E-state index in [1.165, 1.54) is 0 Å². The first-order chi connectivity index (χ1) is 14.1. The molecule has 1 aromatic carbocycles. The van der Waals surface area contributed by atoms with E-state index in [0.29, 0.717) is 44.9 Å². The first kappa shape index (κ1) is 19.0. The standard InChI is InChI=1S/C21H24N4O4/c26-19-15-24(14-16-5-2-1-3-6-16)20(27)18-8-9-23(10-11-25(18)19)21(28)22-13-17-7-4-12-29-17/h1-7,12,18H,8-11,13-15H2,(H,22,28). The Kier molecular flexibility index (Phi) is 5.50. The Hall–Kier alpha value is -3.29. The van der Waals surface area contributed by atoms with Gasteiger partial charge in [-0.1, -0.05) is 30.3 Å². The molecule has 4 rings (SSSR count). The van der Waals surface area contributed by atoms with Crippen molar-refractivity contribution in [2.75, 3.05) is 26.2 Å². The molecular weight excluding hydrogens is 372 g/mol. The fourth-order valence-corrected chi connectivity index (χ4v) is 3.86. The summed E-state index contributed by atoms with van der Waals surface area (Å²) in [4.78, 5) is 43.1. The van der Waals surface area contributed by atoms with Gasteiger partial charge in [0.25, 0.3) is 0 Å². The van der Waals surface area contributed by atoms with E-state index in [4.69, 9.17) is 4.42 Å². The third-order valence-electron chi connectivity index (χ3n) is 5.40. The quantitative estimate of drug-likeness (QED) is 0.847. The maximum absolute atomic E-state index is 13.0. The van der Waals surface area contributed by atoms with E-state index in [2.05, 4.69) is 5.32 Å². The molecule has 8 nitrogen and oxygen atoms in total. The molecule has 152 valence electrons. The summed E-state index contributed by atoms with van der Waals surface area (Å²) < 4.78 is 5.23. The van der Waals surface area contributed by atoms with E-state index < -0.39 is 6.04 Å². The van der Waals surface area contributed by atoms with E-state index in [0.717, 1.165) is 5.56 Å². The van der Waals surface area contributed by atoms with Gasteiger partial charge >= 0.3 is 6.03 Å². The van der Waals surface area contributed by atoms with Crippen LogP contribution in [0.1, 0.15) is 17.7 Å². The number of piperazine rings is 1. The number of urea groups is 1. The number of amides is 4. The van der Waals surface area contributed by atoms with Gasteiger partial charge in [-0.25, -0.2) is 4.79 Å². The van der Waals surface area contributed by atoms with Crippen LogP contribution >= 0.6 is 0 Å². The van der Waals surface area contributed by atoms with Crippen LogP contribution in [0.3, 0.4) is 0 Å². The van der Waals surface area contributed by atoms with Crippen molar-refractivity contribution in [3.8, 4) is 0 Å². The van der Waals surface area contributed by atoms with Gasteiger partial charge in [-0.3, -0.25) is 9.59 Å². The molecule has 8 heteroatoms. The van der Waals surface area contributed by atoms with Crippen LogP contribution in [0.25, 0.3) is 0 Å². The van der Waals surface area contributed by atoms with E-state index in [-0.39, 0.29) is 24.4 Å². The van der Waals surface area contributed by atoms with Gasteiger partial charge in [0.05, 0.1) is 12.8 Å². The lowest BCUT2D eigenvalue weighted by Gasteiger charge is -2.39. The highest BCUT2D eigenvalue weighted by molar-refractivity contribution is 5.95. The average Bonchev–Trinajstić information content (AvgIpc) is 3.15. The predicted molar refractivity (Wildman–Crippen MR) is 104 cm³/mol. The summed E-state index contributed by atoms with van der Waals surface area (Å²) in [7, 11) is 0.